The number of methoxy groups -OCH3 is 1. The standard InChI is InChI=1S/C26H31NO6/c1-30-21-4-6-22(7-5-21)32-17-25(29)33-16-24(28)27(15-23-3-2-8-31-23)26-12-18-9-19(13-26)11-20(10-18)14-26/h2-8,18-20H,9-17H2,1H3. The summed E-state index contributed by atoms with van der Waals surface area (Å²) >= 11 is 0. The van der Waals surface area contributed by atoms with E-state index in [2.05, 4.69) is 0 Å². The summed E-state index contributed by atoms with van der Waals surface area (Å²) in [5.41, 5.74) is -0.148. The van der Waals surface area contributed by atoms with Gasteiger partial charge in [-0.1, -0.05) is 0 Å². The molecule has 1 heterocycles. The fourth-order valence-electron chi connectivity index (χ4n) is 6.55. The van der Waals surface area contributed by atoms with Crippen LogP contribution in [0.25, 0.3) is 0 Å². The van der Waals surface area contributed by atoms with Crippen LogP contribution < -0.4 is 9.47 Å². The van der Waals surface area contributed by atoms with E-state index in [-0.39, 0.29) is 24.7 Å². The normalized spacial score (nSPS) is 27.2. The Morgan fingerprint density at radius 2 is 1.61 bits per heavy atom. The van der Waals surface area contributed by atoms with Gasteiger partial charge in [0.25, 0.3) is 5.91 Å². The number of rotatable bonds is 9. The molecule has 0 N–H and O–H groups in total. The average Bonchev–Trinajstić information content (AvgIpc) is 3.32. The van der Waals surface area contributed by atoms with Crippen LogP contribution >= 0.6 is 0 Å². The van der Waals surface area contributed by atoms with Gasteiger partial charge in [0.2, 0.25) is 0 Å². The minimum atomic E-state index is -0.567. The van der Waals surface area contributed by atoms with Gasteiger partial charge in [-0.2, -0.15) is 0 Å². The number of nitrogens with zero attached hydrogens (tertiary/aromatic N) is 1. The van der Waals surface area contributed by atoms with Gasteiger partial charge in [-0.3, -0.25) is 4.79 Å². The van der Waals surface area contributed by atoms with Crippen LogP contribution in [-0.2, 0) is 20.9 Å². The molecule has 4 fully saturated rings. The highest BCUT2D eigenvalue weighted by Gasteiger charge is 2.54. The van der Waals surface area contributed by atoms with E-state index in [0.29, 0.717) is 35.8 Å². The minimum Gasteiger partial charge on any atom is -0.497 e. The molecule has 0 unspecified atom stereocenters. The highest BCUT2D eigenvalue weighted by Crippen LogP contribution is 2.58. The zero-order chi connectivity index (χ0) is 22.8. The molecule has 4 bridgehead atoms. The maximum absolute atomic E-state index is 13.4. The number of carbonyl (C=O) groups excluding carboxylic acids is 2. The van der Waals surface area contributed by atoms with Gasteiger partial charge in [0.1, 0.15) is 17.3 Å². The number of benzene rings is 1. The van der Waals surface area contributed by atoms with E-state index in [9.17, 15) is 9.59 Å². The largest absolute Gasteiger partial charge is 0.497 e. The summed E-state index contributed by atoms with van der Waals surface area (Å²) in [6, 6.07) is 10.7. The number of hydrogen-bond acceptors (Lipinski definition) is 6. The zero-order valence-electron chi connectivity index (χ0n) is 19.0. The molecule has 4 aliphatic carbocycles. The third-order valence-corrected chi connectivity index (χ3v) is 7.55. The molecule has 7 heteroatoms. The molecule has 1 aromatic heterocycles. The van der Waals surface area contributed by atoms with Crippen LogP contribution in [-0.4, -0.2) is 42.6 Å². The summed E-state index contributed by atoms with van der Waals surface area (Å²) in [5, 5.41) is 0. The predicted molar refractivity (Wildman–Crippen MR) is 120 cm³/mol. The van der Waals surface area contributed by atoms with Crippen molar-refractivity contribution in [3.63, 3.8) is 0 Å². The smallest absolute Gasteiger partial charge is 0.344 e. The third-order valence-electron chi connectivity index (χ3n) is 7.55. The highest BCUT2D eigenvalue weighted by atomic mass is 16.6. The van der Waals surface area contributed by atoms with Gasteiger partial charge in [-0.15, -0.1) is 0 Å². The first-order chi connectivity index (χ1) is 16.0. The first-order valence-corrected chi connectivity index (χ1v) is 11.8. The van der Waals surface area contributed by atoms with Gasteiger partial charge >= 0.3 is 5.97 Å². The van der Waals surface area contributed by atoms with E-state index in [1.54, 1.807) is 37.6 Å². The molecule has 4 aliphatic rings. The fraction of sp³-hybridized carbons (Fsp3) is 0.538. The molecule has 6 rings (SSSR count). The van der Waals surface area contributed by atoms with Crippen LogP contribution in [0.5, 0.6) is 11.5 Å². The van der Waals surface area contributed by atoms with E-state index < -0.39 is 5.97 Å². The second-order valence-electron chi connectivity index (χ2n) is 9.83. The quantitative estimate of drug-likeness (QED) is 0.530. The van der Waals surface area contributed by atoms with Gasteiger partial charge in [-0.25, -0.2) is 4.79 Å². The van der Waals surface area contributed by atoms with Crippen molar-refractivity contribution in [1.82, 2.24) is 4.90 Å². The Balaban J connectivity index is 1.21. The van der Waals surface area contributed by atoms with Gasteiger partial charge in [0.05, 0.1) is 19.9 Å². The summed E-state index contributed by atoms with van der Waals surface area (Å²) < 4.78 is 21.5. The minimum absolute atomic E-state index is 0.148. The van der Waals surface area contributed by atoms with Crippen molar-refractivity contribution >= 4 is 11.9 Å². The molecule has 0 spiro atoms. The molecule has 7 nitrogen and oxygen atoms in total. The lowest BCUT2D eigenvalue weighted by Gasteiger charge is -2.60. The molecule has 2 aromatic rings. The molecule has 1 amide bonds. The maximum Gasteiger partial charge on any atom is 0.344 e. The van der Waals surface area contributed by atoms with E-state index in [1.807, 2.05) is 17.0 Å². The molecule has 0 aliphatic heterocycles. The van der Waals surface area contributed by atoms with Gasteiger partial charge in [-0.05, 0) is 92.7 Å². The van der Waals surface area contributed by atoms with Crippen molar-refractivity contribution in [2.75, 3.05) is 20.3 Å². The second-order valence-corrected chi connectivity index (χ2v) is 9.83. The molecular weight excluding hydrogens is 422 g/mol. The van der Waals surface area contributed by atoms with Crippen molar-refractivity contribution in [3.05, 3.63) is 48.4 Å². The summed E-state index contributed by atoms with van der Waals surface area (Å²) in [5.74, 6) is 3.36. The van der Waals surface area contributed by atoms with Crippen molar-refractivity contribution in [1.29, 1.82) is 0 Å². The maximum atomic E-state index is 13.4. The molecule has 0 radical (unpaired) electrons. The molecule has 4 saturated carbocycles. The Hall–Kier alpha value is -2.96. The van der Waals surface area contributed by atoms with E-state index in [4.69, 9.17) is 18.6 Å². The fourth-order valence-corrected chi connectivity index (χ4v) is 6.55. The van der Waals surface area contributed by atoms with E-state index in [0.717, 1.165) is 25.0 Å². The van der Waals surface area contributed by atoms with E-state index in [1.165, 1.54) is 19.3 Å². The lowest BCUT2D eigenvalue weighted by Crippen LogP contribution is -2.61. The average molecular weight is 454 g/mol. The topological polar surface area (TPSA) is 78.2 Å². The summed E-state index contributed by atoms with van der Waals surface area (Å²) in [6.45, 7) is -0.125. The van der Waals surface area contributed by atoms with Crippen LogP contribution in [0.1, 0.15) is 44.3 Å². The predicted octanol–water partition coefficient (Wildman–Crippen LogP) is 4.21. The first kappa shape index (κ1) is 21.9. The van der Waals surface area contributed by atoms with Gasteiger partial charge in [0.15, 0.2) is 13.2 Å². The number of ether oxygens (including phenoxy) is 3. The molecule has 0 saturated heterocycles. The van der Waals surface area contributed by atoms with Crippen molar-refractivity contribution in [2.45, 2.75) is 50.6 Å². The molecule has 33 heavy (non-hydrogen) atoms. The van der Waals surface area contributed by atoms with E-state index >= 15 is 0 Å². The van der Waals surface area contributed by atoms with Crippen LogP contribution in [0.15, 0.2) is 47.1 Å². The molecule has 176 valence electrons. The Labute approximate surface area is 194 Å². The number of furan rings is 1. The number of carbonyl (C=O) groups is 2. The number of hydrogen-bond donors (Lipinski definition) is 0. The van der Waals surface area contributed by atoms with Crippen molar-refractivity contribution < 1.29 is 28.2 Å². The SMILES string of the molecule is COc1ccc(OCC(=O)OCC(=O)N(Cc2ccco2)C23CC4CC(CC(C4)C2)C3)cc1. The Morgan fingerprint density at radius 1 is 0.970 bits per heavy atom. The van der Waals surface area contributed by atoms with Crippen LogP contribution in [0.2, 0.25) is 0 Å². The van der Waals surface area contributed by atoms with Crippen LogP contribution in [0.4, 0.5) is 0 Å². The first-order valence-electron chi connectivity index (χ1n) is 11.8. The van der Waals surface area contributed by atoms with Crippen molar-refractivity contribution in [3.8, 4) is 11.5 Å². The molecule has 0 atom stereocenters. The zero-order valence-corrected chi connectivity index (χ0v) is 19.0. The molecule has 1 aromatic carbocycles. The Bertz CT molecular complexity index is 932. The number of amides is 1. The Morgan fingerprint density at radius 3 is 2.18 bits per heavy atom. The van der Waals surface area contributed by atoms with Crippen LogP contribution in [0, 0.1) is 17.8 Å². The lowest BCUT2D eigenvalue weighted by atomic mass is 9.52. The second kappa shape index (κ2) is 9.12. The molecular formula is C26H31NO6. The Kier molecular flexibility index (Phi) is 6.04. The van der Waals surface area contributed by atoms with Gasteiger partial charge in [0, 0.05) is 5.54 Å². The summed E-state index contributed by atoms with van der Waals surface area (Å²) in [7, 11) is 1.59. The lowest BCUT2D eigenvalue weighted by molar-refractivity contribution is -0.164. The highest BCUT2D eigenvalue weighted by molar-refractivity contribution is 5.81. The monoisotopic (exact) mass is 453 g/mol. The third kappa shape index (κ3) is 4.72. The van der Waals surface area contributed by atoms with Crippen LogP contribution in [0.3, 0.4) is 0 Å². The summed E-state index contributed by atoms with van der Waals surface area (Å²) in [6.07, 6.45) is 8.63. The van der Waals surface area contributed by atoms with Gasteiger partial charge < -0.3 is 23.5 Å². The summed E-state index contributed by atoms with van der Waals surface area (Å²) in [4.78, 5) is 27.6. The number of esters is 1. The van der Waals surface area contributed by atoms with Crippen molar-refractivity contribution in [2.24, 2.45) is 17.8 Å².